The molecule has 2 aromatic heterocycles. The second-order valence-corrected chi connectivity index (χ2v) is 17.2. The molecule has 0 bridgehead atoms. The molecule has 0 saturated carbocycles. The third-order valence-electron chi connectivity index (χ3n) is 14.9. The molecule has 0 unspecified atom stereocenters. The molecule has 0 atom stereocenters. The minimum atomic E-state index is -0.668. The summed E-state index contributed by atoms with van der Waals surface area (Å²) in [4.78, 5) is 0. The van der Waals surface area contributed by atoms with E-state index in [1.54, 1.807) is 0 Å². The Morgan fingerprint density at radius 2 is 0.707 bits per heavy atom. The Morgan fingerprint density at radius 3 is 1.03 bits per heavy atom. The smallest absolute Gasteiger partial charge is 0.126 e. The predicted octanol–water partition coefficient (Wildman–Crippen LogP) is 14.6. The maximum atomic E-state index is 15.3. The highest BCUT2D eigenvalue weighted by Gasteiger charge is 2.31. The summed E-state index contributed by atoms with van der Waals surface area (Å²) in [5.74, 6) is -1.34. The molecule has 0 amide bonds. The average Bonchev–Trinajstić information content (AvgIpc) is 3.74. The van der Waals surface area contributed by atoms with E-state index in [4.69, 9.17) is 0 Å². The number of nitriles is 1. The van der Waals surface area contributed by atoms with Gasteiger partial charge in [0.25, 0.3) is 0 Å². The molecule has 0 fully saturated rings. The highest BCUT2D eigenvalue weighted by Crippen LogP contribution is 2.49. The van der Waals surface area contributed by atoms with Gasteiger partial charge in [-0.15, -0.1) is 0 Å². The fourth-order valence-corrected chi connectivity index (χ4v) is 10.3. The molecule has 8 rings (SSSR count). The van der Waals surface area contributed by atoms with Crippen molar-refractivity contribution in [3.05, 3.63) is 137 Å². The lowest BCUT2D eigenvalue weighted by Gasteiger charge is -2.23. The molecule has 0 radical (unpaired) electrons. The summed E-state index contributed by atoms with van der Waals surface area (Å²) in [5, 5.41) is 16.5. The van der Waals surface area contributed by atoms with Crippen LogP contribution < -0.4 is 0 Å². The minimum Gasteiger partial charge on any atom is -0.307 e. The number of hydrogen-bond acceptors (Lipinski definition) is 1. The number of hydrogen-bond donors (Lipinski definition) is 0. The van der Waals surface area contributed by atoms with Crippen LogP contribution in [0, 0.1) is 134 Å². The van der Waals surface area contributed by atoms with Crippen LogP contribution >= 0.6 is 0 Å². The summed E-state index contributed by atoms with van der Waals surface area (Å²) in [5.41, 5.74) is 26.2. The van der Waals surface area contributed by atoms with Crippen molar-refractivity contribution in [2.24, 2.45) is 0 Å². The Bertz CT molecular complexity index is 3070. The van der Waals surface area contributed by atoms with Gasteiger partial charge in [0, 0.05) is 33.2 Å². The van der Waals surface area contributed by atoms with Crippen molar-refractivity contribution in [1.82, 2.24) is 9.13 Å². The topological polar surface area (TPSA) is 33.6 Å². The first-order chi connectivity index (χ1) is 27.3. The molecular weight excluding hydrogens is 717 g/mol. The summed E-state index contributed by atoms with van der Waals surface area (Å²) >= 11 is 0. The Kier molecular flexibility index (Phi) is 8.87. The van der Waals surface area contributed by atoms with E-state index in [-0.39, 0.29) is 0 Å². The van der Waals surface area contributed by atoms with E-state index in [1.165, 1.54) is 89.7 Å². The number of nitrogens with zero attached hydrogens (tertiary/aromatic N) is 3. The van der Waals surface area contributed by atoms with Gasteiger partial charge >= 0.3 is 0 Å². The lowest BCUT2D eigenvalue weighted by atomic mass is 9.90. The van der Waals surface area contributed by atoms with E-state index in [0.717, 1.165) is 66.8 Å². The van der Waals surface area contributed by atoms with Gasteiger partial charge < -0.3 is 9.13 Å². The molecule has 8 aromatic rings. The largest absolute Gasteiger partial charge is 0.307 e. The fourth-order valence-electron chi connectivity index (χ4n) is 10.3. The first kappa shape index (κ1) is 39.1. The van der Waals surface area contributed by atoms with Crippen LogP contribution in [0.1, 0.15) is 94.6 Å². The molecule has 0 N–H and O–H groups in total. The fraction of sp³-hybridized carbons (Fsp3) is 0.302. The van der Waals surface area contributed by atoms with Crippen LogP contribution in [0.4, 0.5) is 8.78 Å². The van der Waals surface area contributed by atoms with Crippen LogP contribution in [0.2, 0.25) is 0 Å². The van der Waals surface area contributed by atoms with Gasteiger partial charge in [-0.2, -0.15) is 5.26 Å². The Hall–Kier alpha value is -5.73. The van der Waals surface area contributed by atoms with E-state index < -0.39 is 11.6 Å². The summed E-state index contributed by atoms with van der Waals surface area (Å²) in [6.07, 6.45) is 0. The number of fused-ring (bicyclic) bond motifs is 6. The lowest BCUT2D eigenvalue weighted by molar-refractivity contribution is 0.584. The van der Waals surface area contributed by atoms with E-state index in [9.17, 15) is 5.26 Å². The second-order valence-electron chi connectivity index (χ2n) is 17.2. The third kappa shape index (κ3) is 4.93. The first-order valence-electron chi connectivity index (χ1n) is 20.3. The van der Waals surface area contributed by atoms with Gasteiger partial charge in [-0.3, -0.25) is 0 Å². The molecule has 2 heterocycles. The standard InChI is InChI=1S/C53H53F2N3/c1-23-27(5)35(13)49-45(31(23)9)46-32(10)24(2)28(6)36(14)50(46)57(49)44-18-17-42(39-19-40(54)21-41(55)20-39)53(43(44)22-56)58-51-37(15)29(7)25(3)33(11)47(51)48-34(12)26(4)30(8)38(16)52(48)58/h17-21H,1-16H3. The van der Waals surface area contributed by atoms with Crippen molar-refractivity contribution >= 4 is 43.6 Å². The normalized spacial score (nSPS) is 11.9. The van der Waals surface area contributed by atoms with Gasteiger partial charge in [-0.25, -0.2) is 8.78 Å². The molecule has 5 heteroatoms. The molecule has 294 valence electrons. The Morgan fingerprint density at radius 1 is 0.397 bits per heavy atom. The van der Waals surface area contributed by atoms with E-state index in [0.29, 0.717) is 22.4 Å². The van der Waals surface area contributed by atoms with Crippen LogP contribution in [0.15, 0.2) is 30.3 Å². The van der Waals surface area contributed by atoms with Gasteiger partial charge in [0.15, 0.2) is 0 Å². The van der Waals surface area contributed by atoms with Crippen molar-refractivity contribution in [2.75, 3.05) is 0 Å². The zero-order valence-electron chi connectivity index (χ0n) is 37.0. The van der Waals surface area contributed by atoms with Crippen molar-refractivity contribution < 1.29 is 8.78 Å². The molecule has 6 aromatic carbocycles. The van der Waals surface area contributed by atoms with Gasteiger partial charge in [0.1, 0.15) is 23.3 Å². The average molecular weight is 770 g/mol. The maximum absolute atomic E-state index is 15.3. The highest BCUT2D eigenvalue weighted by molar-refractivity contribution is 6.18. The Balaban J connectivity index is 1.74. The monoisotopic (exact) mass is 769 g/mol. The molecule has 0 saturated heterocycles. The van der Waals surface area contributed by atoms with Crippen molar-refractivity contribution in [3.63, 3.8) is 0 Å². The van der Waals surface area contributed by atoms with Crippen LogP contribution in [0.25, 0.3) is 66.1 Å². The summed E-state index contributed by atoms with van der Waals surface area (Å²) in [7, 11) is 0. The highest BCUT2D eigenvalue weighted by atomic mass is 19.1. The Labute approximate surface area is 341 Å². The number of halogens is 2. The van der Waals surface area contributed by atoms with Crippen molar-refractivity contribution in [2.45, 2.75) is 111 Å². The lowest BCUT2D eigenvalue weighted by Crippen LogP contribution is -2.09. The van der Waals surface area contributed by atoms with E-state index >= 15 is 8.78 Å². The zero-order chi connectivity index (χ0) is 42.3. The number of benzene rings is 6. The molecule has 0 spiro atoms. The van der Waals surface area contributed by atoms with Gasteiger partial charge in [-0.1, -0.05) is 6.07 Å². The first-order valence-corrected chi connectivity index (χ1v) is 20.3. The maximum Gasteiger partial charge on any atom is 0.126 e. The molecule has 0 aliphatic carbocycles. The number of aromatic nitrogens is 2. The molecule has 3 nitrogen and oxygen atoms in total. The number of aryl methyl sites for hydroxylation is 8. The van der Waals surface area contributed by atoms with E-state index in [2.05, 4.69) is 126 Å². The van der Waals surface area contributed by atoms with Gasteiger partial charge in [0.05, 0.1) is 33.4 Å². The predicted molar refractivity (Wildman–Crippen MR) is 241 cm³/mol. The van der Waals surface area contributed by atoms with Crippen LogP contribution in [-0.4, -0.2) is 9.13 Å². The van der Waals surface area contributed by atoms with Crippen LogP contribution in [0.3, 0.4) is 0 Å². The molecular formula is C53H53F2N3. The number of rotatable bonds is 3. The van der Waals surface area contributed by atoms with Crippen molar-refractivity contribution in [3.8, 4) is 28.6 Å². The molecule has 0 aliphatic rings. The third-order valence-corrected chi connectivity index (χ3v) is 14.9. The van der Waals surface area contributed by atoms with Crippen molar-refractivity contribution in [1.29, 1.82) is 5.26 Å². The molecule has 0 aliphatic heterocycles. The van der Waals surface area contributed by atoms with Crippen LogP contribution in [-0.2, 0) is 0 Å². The second kappa shape index (κ2) is 13.1. The summed E-state index contributed by atoms with van der Waals surface area (Å²) in [6.45, 7) is 35.1. The summed E-state index contributed by atoms with van der Waals surface area (Å²) in [6, 6.07) is 10.4. The van der Waals surface area contributed by atoms with Gasteiger partial charge in [0.2, 0.25) is 0 Å². The van der Waals surface area contributed by atoms with E-state index in [1.807, 2.05) is 12.1 Å². The zero-order valence-corrected chi connectivity index (χ0v) is 37.0. The summed E-state index contributed by atoms with van der Waals surface area (Å²) < 4.78 is 35.3. The van der Waals surface area contributed by atoms with Gasteiger partial charge in [-0.05, 0) is 224 Å². The minimum absolute atomic E-state index is 0.376. The quantitative estimate of drug-likeness (QED) is 0.176. The molecule has 58 heavy (non-hydrogen) atoms. The SMILES string of the molecule is Cc1c(C)c(C)c2c(c1C)c1c(C)c(C)c(C)c(C)c1n2-c1ccc(-c2cc(F)cc(F)c2)c(-n2c3c(C)c(C)c(C)c(C)c3c3c(C)c(C)c(C)c(C)c32)c1C#N. The van der Waals surface area contributed by atoms with Crippen LogP contribution in [0.5, 0.6) is 0 Å².